The predicted molar refractivity (Wildman–Crippen MR) is 85.5 cm³/mol. The van der Waals surface area contributed by atoms with Gasteiger partial charge in [0.05, 0.1) is 10.9 Å². The van der Waals surface area contributed by atoms with Crippen LogP contribution in [0.15, 0.2) is 53.5 Å². The van der Waals surface area contributed by atoms with Crippen LogP contribution in [0.1, 0.15) is 0 Å². The van der Waals surface area contributed by atoms with Crippen molar-refractivity contribution in [1.29, 1.82) is 0 Å². The molecule has 0 aliphatic heterocycles. The van der Waals surface area contributed by atoms with Crippen LogP contribution in [0.4, 0.5) is 5.82 Å². The van der Waals surface area contributed by atoms with E-state index in [0.29, 0.717) is 22.6 Å². The van der Waals surface area contributed by atoms with E-state index in [9.17, 15) is 4.79 Å². The highest BCUT2D eigenvalue weighted by Crippen LogP contribution is 2.05. The zero-order valence-corrected chi connectivity index (χ0v) is 11.9. The molecule has 0 saturated heterocycles. The molecule has 3 rings (SSSR count). The Balaban J connectivity index is 1.84. The number of hydrogen-bond acceptors (Lipinski definition) is 5. The molecule has 2 aromatic heterocycles. The molecule has 106 valence electrons. The molecular formula is C14H13N5OS. The standard InChI is InChI=1S/C14H13N5OS/c20-13-10-5-1-2-6-11(10)18-14(21)19(13)17-9-16-12-7-3-4-8-15-12/h1-8,17H,9H2,(H,15,16)(H,18,21). The number of aromatic amines is 1. The molecule has 0 unspecified atom stereocenters. The number of para-hydroxylation sites is 1. The molecule has 6 nitrogen and oxygen atoms in total. The Bertz CT molecular complexity index is 872. The fourth-order valence-corrected chi connectivity index (χ4v) is 2.24. The number of nitrogens with zero attached hydrogens (tertiary/aromatic N) is 2. The molecule has 21 heavy (non-hydrogen) atoms. The fourth-order valence-electron chi connectivity index (χ4n) is 1.98. The predicted octanol–water partition coefficient (Wildman–Crippen LogP) is 2.07. The molecule has 7 heteroatoms. The van der Waals surface area contributed by atoms with E-state index in [2.05, 4.69) is 20.7 Å². The number of pyridine rings is 1. The van der Waals surface area contributed by atoms with Crippen LogP contribution in [0, 0.1) is 4.77 Å². The van der Waals surface area contributed by atoms with Gasteiger partial charge in [0.15, 0.2) is 4.77 Å². The number of H-pyrrole nitrogens is 1. The Morgan fingerprint density at radius 2 is 2.00 bits per heavy atom. The molecule has 0 radical (unpaired) electrons. The topological polar surface area (TPSA) is 74.7 Å². The number of fused-ring (bicyclic) bond motifs is 1. The summed E-state index contributed by atoms with van der Waals surface area (Å²) in [5.41, 5.74) is 3.48. The minimum absolute atomic E-state index is 0.183. The molecule has 0 amide bonds. The van der Waals surface area contributed by atoms with Gasteiger partial charge in [-0.05, 0) is 36.5 Å². The first-order chi connectivity index (χ1) is 10.3. The first-order valence-corrected chi connectivity index (χ1v) is 6.79. The maximum Gasteiger partial charge on any atom is 0.280 e. The van der Waals surface area contributed by atoms with Gasteiger partial charge in [0.25, 0.3) is 5.56 Å². The number of nitrogens with one attached hydrogen (secondary N) is 3. The molecule has 3 N–H and O–H groups in total. The second-order valence-electron chi connectivity index (χ2n) is 4.34. The van der Waals surface area contributed by atoms with Crippen molar-refractivity contribution in [2.45, 2.75) is 0 Å². The van der Waals surface area contributed by atoms with Gasteiger partial charge in [-0.1, -0.05) is 18.2 Å². The van der Waals surface area contributed by atoms with Gasteiger partial charge in [-0.15, -0.1) is 0 Å². The summed E-state index contributed by atoms with van der Waals surface area (Å²) in [6.07, 6.45) is 1.69. The van der Waals surface area contributed by atoms with Gasteiger partial charge in [0.1, 0.15) is 12.5 Å². The second-order valence-corrected chi connectivity index (χ2v) is 4.73. The summed E-state index contributed by atoms with van der Waals surface area (Å²) in [4.78, 5) is 19.5. The average molecular weight is 299 g/mol. The average Bonchev–Trinajstić information content (AvgIpc) is 2.51. The summed E-state index contributed by atoms with van der Waals surface area (Å²) in [5.74, 6) is 0.716. The van der Waals surface area contributed by atoms with Crippen LogP contribution in [0.2, 0.25) is 0 Å². The fraction of sp³-hybridized carbons (Fsp3) is 0.0714. The van der Waals surface area contributed by atoms with Crippen molar-refractivity contribution in [3.05, 3.63) is 63.8 Å². The Morgan fingerprint density at radius 1 is 1.19 bits per heavy atom. The van der Waals surface area contributed by atoms with Crippen molar-refractivity contribution < 1.29 is 0 Å². The van der Waals surface area contributed by atoms with Crippen LogP contribution in [-0.4, -0.2) is 21.3 Å². The summed E-state index contributed by atoms with van der Waals surface area (Å²) in [6.45, 7) is 0.326. The zero-order chi connectivity index (χ0) is 14.7. The van der Waals surface area contributed by atoms with Crippen LogP contribution in [-0.2, 0) is 0 Å². The second kappa shape index (κ2) is 5.76. The third-order valence-electron chi connectivity index (χ3n) is 2.98. The van der Waals surface area contributed by atoms with Gasteiger partial charge in [-0.25, -0.2) is 4.98 Å². The summed E-state index contributed by atoms with van der Waals surface area (Å²) in [5, 5.41) is 3.63. The molecular weight excluding hydrogens is 286 g/mol. The molecule has 1 aromatic carbocycles. The van der Waals surface area contributed by atoms with Crippen LogP contribution in [0.25, 0.3) is 10.9 Å². The van der Waals surface area contributed by atoms with Gasteiger partial charge in [0, 0.05) is 6.20 Å². The molecule has 0 saturated carbocycles. The van der Waals surface area contributed by atoms with Gasteiger partial charge < -0.3 is 15.7 Å². The lowest BCUT2D eigenvalue weighted by molar-refractivity contribution is 0.797. The van der Waals surface area contributed by atoms with Gasteiger partial charge in [-0.3, -0.25) is 4.79 Å². The molecule has 3 aromatic rings. The minimum Gasteiger partial charge on any atom is -0.352 e. The van der Waals surface area contributed by atoms with Crippen LogP contribution < -0.4 is 16.3 Å². The van der Waals surface area contributed by atoms with Crippen molar-refractivity contribution >= 4 is 28.9 Å². The third-order valence-corrected chi connectivity index (χ3v) is 3.26. The molecule has 0 atom stereocenters. The number of hydrogen-bond donors (Lipinski definition) is 3. The van der Waals surface area contributed by atoms with E-state index in [1.54, 1.807) is 12.3 Å². The highest BCUT2D eigenvalue weighted by Gasteiger charge is 2.04. The smallest absolute Gasteiger partial charge is 0.280 e. The number of aromatic nitrogens is 3. The third kappa shape index (κ3) is 2.77. The van der Waals surface area contributed by atoms with E-state index in [0.717, 1.165) is 5.52 Å². The van der Waals surface area contributed by atoms with Crippen molar-refractivity contribution in [2.75, 3.05) is 17.4 Å². The lowest BCUT2D eigenvalue weighted by Gasteiger charge is -2.11. The first kappa shape index (κ1) is 13.3. The minimum atomic E-state index is -0.183. The Hall–Kier alpha value is -2.67. The number of rotatable bonds is 4. The molecule has 0 aliphatic rings. The van der Waals surface area contributed by atoms with Crippen LogP contribution in [0.3, 0.4) is 0 Å². The summed E-state index contributed by atoms with van der Waals surface area (Å²) in [6, 6.07) is 12.8. The summed E-state index contributed by atoms with van der Waals surface area (Å²) >= 11 is 5.20. The molecule has 0 aliphatic carbocycles. The van der Waals surface area contributed by atoms with E-state index < -0.39 is 0 Å². The SMILES string of the molecule is O=c1c2ccccc2[nH]c(=S)n1NCNc1ccccn1. The van der Waals surface area contributed by atoms with E-state index in [-0.39, 0.29) is 5.56 Å². The Kier molecular flexibility index (Phi) is 3.65. The maximum absolute atomic E-state index is 12.4. The molecule has 0 fully saturated rings. The van der Waals surface area contributed by atoms with Crippen LogP contribution >= 0.6 is 12.2 Å². The summed E-state index contributed by atoms with van der Waals surface area (Å²) < 4.78 is 1.63. The van der Waals surface area contributed by atoms with Gasteiger partial charge in [-0.2, -0.15) is 4.68 Å². The zero-order valence-electron chi connectivity index (χ0n) is 11.0. The van der Waals surface area contributed by atoms with Crippen molar-refractivity contribution in [3.63, 3.8) is 0 Å². The van der Waals surface area contributed by atoms with E-state index in [1.165, 1.54) is 4.68 Å². The lowest BCUT2D eigenvalue weighted by Crippen LogP contribution is -2.33. The lowest BCUT2D eigenvalue weighted by atomic mass is 10.2. The normalized spacial score (nSPS) is 10.5. The largest absolute Gasteiger partial charge is 0.352 e. The Labute approximate surface area is 125 Å². The van der Waals surface area contributed by atoms with Crippen molar-refractivity contribution in [3.8, 4) is 0 Å². The van der Waals surface area contributed by atoms with E-state index in [4.69, 9.17) is 12.2 Å². The van der Waals surface area contributed by atoms with Gasteiger partial charge in [0.2, 0.25) is 0 Å². The first-order valence-electron chi connectivity index (χ1n) is 6.38. The van der Waals surface area contributed by atoms with Crippen molar-refractivity contribution in [1.82, 2.24) is 14.6 Å². The van der Waals surface area contributed by atoms with E-state index >= 15 is 0 Å². The van der Waals surface area contributed by atoms with E-state index in [1.807, 2.05) is 36.4 Å². The molecule has 2 heterocycles. The monoisotopic (exact) mass is 299 g/mol. The van der Waals surface area contributed by atoms with Crippen molar-refractivity contribution in [2.24, 2.45) is 0 Å². The van der Waals surface area contributed by atoms with Crippen LogP contribution in [0.5, 0.6) is 0 Å². The maximum atomic E-state index is 12.4. The number of benzene rings is 1. The molecule has 0 bridgehead atoms. The number of anilines is 1. The quantitative estimate of drug-likeness (QED) is 0.508. The molecule has 0 spiro atoms. The highest BCUT2D eigenvalue weighted by molar-refractivity contribution is 7.71. The highest BCUT2D eigenvalue weighted by atomic mass is 32.1. The summed E-state index contributed by atoms with van der Waals surface area (Å²) in [7, 11) is 0. The van der Waals surface area contributed by atoms with Gasteiger partial charge >= 0.3 is 0 Å². The Morgan fingerprint density at radius 3 is 2.81 bits per heavy atom.